The summed E-state index contributed by atoms with van der Waals surface area (Å²) in [5.74, 6) is 0.788. The van der Waals surface area contributed by atoms with Crippen LogP contribution in [0.3, 0.4) is 0 Å². The Bertz CT molecular complexity index is 375. The fourth-order valence-corrected chi connectivity index (χ4v) is 3.00. The minimum absolute atomic E-state index is 0.726. The second-order valence-electron chi connectivity index (χ2n) is 5.20. The van der Waals surface area contributed by atoms with Crippen molar-refractivity contribution in [2.75, 3.05) is 12.4 Å². The van der Waals surface area contributed by atoms with Gasteiger partial charge in [-0.2, -0.15) is 5.10 Å². The highest BCUT2D eigenvalue weighted by Crippen LogP contribution is 2.23. The number of hydrogen-bond donors (Lipinski definition) is 0. The predicted octanol–water partition coefficient (Wildman–Crippen LogP) is 2.97. The summed E-state index contributed by atoms with van der Waals surface area (Å²) < 4.78 is 2.04. The second-order valence-corrected chi connectivity index (χ2v) is 5.58. The molecule has 1 fully saturated rings. The molecule has 1 saturated heterocycles. The minimum atomic E-state index is 0.726. The zero-order valence-corrected chi connectivity index (χ0v) is 12.3. The zero-order chi connectivity index (χ0) is 13.0. The summed E-state index contributed by atoms with van der Waals surface area (Å²) >= 11 is 5.80. The molecule has 0 spiro atoms. The Balaban J connectivity index is 1.96. The Hall–Kier alpha value is -0.540. The van der Waals surface area contributed by atoms with Gasteiger partial charge in [-0.1, -0.05) is 6.92 Å². The van der Waals surface area contributed by atoms with Gasteiger partial charge in [0.25, 0.3) is 0 Å². The van der Waals surface area contributed by atoms with Gasteiger partial charge in [0.2, 0.25) is 0 Å². The molecule has 3 nitrogen and oxygen atoms in total. The molecule has 0 radical (unpaired) electrons. The lowest BCUT2D eigenvalue weighted by atomic mass is 10.1. The van der Waals surface area contributed by atoms with E-state index in [0.717, 1.165) is 31.3 Å². The predicted molar refractivity (Wildman–Crippen MR) is 76.0 cm³/mol. The standard InChI is InChI=1S/C14H24ClN3/c1-3-12-10-14(17(2)16-12)11-18-9-5-7-13(18)6-4-8-15/h10,13H,3-9,11H2,1-2H3. The van der Waals surface area contributed by atoms with Crippen molar-refractivity contribution in [2.24, 2.45) is 7.05 Å². The van der Waals surface area contributed by atoms with Gasteiger partial charge >= 0.3 is 0 Å². The number of hydrogen-bond acceptors (Lipinski definition) is 2. The second kappa shape index (κ2) is 6.58. The summed E-state index contributed by atoms with van der Waals surface area (Å²) in [7, 11) is 2.05. The van der Waals surface area contributed by atoms with E-state index in [1.165, 1.54) is 37.2 Å². The van der Waals surface area contributed by atoms with E-state index in [1.807, 2.05) is 4.68 Å². The number of aryl methyl sites for hydroxylation is 2. The number of nitrogens with zero attached hydrogens (tertiary/aromatic N) is 3. The third-order valence-electron chi connectivity index (χ3n) is 3.92. The van der Waals surface area contributed by atoms with Crippen molar-refractivity contribution in [1.82, 2.24) is 14.7 Å². The van der Waals surface area contributed by atoms with Crippen molar-refractivity contribution in [1.29, 1.82) is 0 Å². The largest absolute Gasteiger partial charge is 0.295 e. The highest BCUT2D eigenvalue weighted by molar-refractivity contribution is 6.17. The number of likely N-dealkylation sites (tertiary alicyclic amines) is 1. The molecule has 0 aliphatic carbocycles. The van der Waals surface area contributed by atoms with E-state index in [0.29, 0.717) is 0 Å². The quantitative estimate of drug-likeness (QED) is 0.741. The van der Waals surface area contributed by atoms with Crippen molar-refractivity contribution in [3.8, 4) is 0 Å². The van der Waals surface area contributed by atoms with Gasteiger partial charge in [0.05, 0.1) is 11.4 Å². The lowest BCUT2D eigenvalue weighted by molar-refractivity contribution is 0.228. The Morgan fingerprint density at radius 1 is 1.50 bits per heavy atom. The molecule has 2 heterocycles. The van der Waals surface area contributed by atoms with E-state index in [-0.39, 0.29) is 0 Å². The Morgan fingerprint density at radius 2 is 2.33 bits per heavy atom. The van der Waals surface area contributed by atoms with Gasteiger partial charge in [-0.25, -0.2) is 0 Å². The Labute approximate surface area is 115 Å². The Kier molecular flexibility index (Phi) is 5.07. The van der Waals surface area contributed by atoms with Crippen LogP contribution in [0.2, 0.25) is 0 Å². The van der Waals surface area contributed by atoms with Crippen LogP contribution in [0.5, 0.6) is 0 Å². The molecule has 0 saturated carbocycles. The average molecular weight is 270 g/mol. The number of halogens is 1. The van der Waals surface area contributed by atoms with Crippen LogP contribution >= 0.6 is 11.6 Å². The molecular formula is C14H24ClN3. The number of alkyl halides is 1. The van der Waals surface area contributed by atoms with Crippen molar-refractivity contribution >= 4 is 11.6 Å². The van der Waals surface area contributed by atoms with E-state index in [9.17, 15) is 0 Å². The Morgan fingerprint density at radius 3 is 3.00 bits per heavy atom. The van der Waals surface area contributed by atoms with E-state index in [4.69, 9.17) is 11.6 Å². The molecule has 1 aromatic heterocycles. The van der Waals surface area contributed by atoms with Gasteiger partial charge in [-0.05, 0) is 44.7 Å². The van der Waals surface area contributed by atoms with Gasteiger partial charge in [-0.15, -0.1) is 11.6 Å². The first-order valence-electron chi connectivity index (χ1n) is 7.06. The molecule has 0 bridgehead atoms. The molecule has 18 heavy (non-hydrogen) atoms. The molecule has 1 atom stereocenters. The summed E-state index contributed by atoms with van der Waals surface area (Å²) in [4.78, 5) is 2.60. The summed E-state index contributed by atoms with van der Waals surface area (Å²) in [6, 6.07) is 2.97. The smallest absolute Gasteiger partial charge is 0.0625 e. The van der Waals surface area contributed by atoms with Gasteiger partial charge in [0, 0.05) is 25.5 Å². The third kappa shape index (κ3) is 3.27. The molecule has 1 aromatic rings. The van der Waals surface area contributed by atoms with Crippen LogP contribution in [0.25, 0.3) is 0 Å². The number of rotatable bonds is 6. The van der Waals surface area contributed by atoms with Crippen LogP contribution in [0, 0.1) is 0 Å². The van der Waals surface area contributed by atoms with Crippen LogP contribution < -0.4 is 0 Å². The summed E-state index contributed by atoms with van der Waals surface area (Å²) in [6.45, 7) is 4.42. The van der Waals surface area contributed by atoms with Crippen LogP contribution in [-0.2, 0) is 20.0 Å². The van der Waals surface area contributed by atoms with E-state index >= 15 is 0 Å². The van der Waals surface area contributed by atoms with E-state index in [1.54, 1.807) is 0 Å². The van der Waals surface area contributed by atoms with Gasteiger partial charge in [-0.3, -0.25) is 9.58 Å². The lowest BCUT2D eigenvalue weighted by Crippen LogP contribution is -2.29. The highest BCUT2D eigenvalue weighted by Gasteiger charge is 2.24. The highest BCUT2D eigenvalue weighted by atomic mass is 35.5. The normalized spacial score (nSPS) is 20.7. The fourth-order valence-electron chi connectivity index (χ4n) is 2.84. The molecule has 4 heteroatoms. The third-order valence-corrected chi connectivity index (χ3v) is 4.19. The molecule has 2 rings (SSSR count). The minimum Gasteiger partial charge on any atom is -0.295 e. The van der Waals surface area contributed by atoms with Crippen molar-refractivity contribution in [2.45, 2.75) is 51.6 Å². The van der Waals surface area contributed by atoms with Crippen molar-refractivity contribution < 1.29 is 0 Å². The first kappa shape index (κ1) is 13.9. The molecule has 1 aliphatic heterocycles. The summed E-state index contributed by atoms with van der Waals surface area (Å²) in [5, 5.41) is 4.53. The molecule has 0 amide bonds. The van der Waals surface area contributed by atoms with E-state index < -0.39 is 0 Å². The van der Waals surface area contributed by atoms with Crippen LogP contribution in [0.4, 0.5) is 0 Å². The molecule has 1 aliphatic rings. The fraction of sp³-hybridized carbons (Fsp3) is 0.786. The zero-order valence-electron chi connectivity index (χ0n) is 11.5. The average Bonchev–Trinajstić information content (AvgIpc) is 2.95. The molecule has 102 valence electrons. The van der Waals surface area contributed by atoms with Crippen molar-refractivity contribution in [3.05, 3.63) is 17.5 Å². The molecule has 0 aromatic carbocycles. The van der Waals surface area contributed by atoms with Crippen molar-refractivity contribution in [3.63, 3.8) is 0 Å². The lowest BCUT2D eigenvalue weighted by Gasteiger charge is -2.24. The topological polar surface area (TPSA) is 21.1 Å². The van der Waals surface area contributed by atoms with E-state index in [2.05, 4.69) is 30.0 Å². The van der Waals surface area contributed by atoms with Crippen LogP contribution in [0.1, 0.15) is 44.0 Å². The first-order valence-corrected chi connectivity index (χ1v) is 7.59. The maximum atomic E-state index is 5.80. The van der Waals surface area contributed by atoms with Gasteiger partial charge in [0.1, 0.15) is 0 Å². The van der Waals surface area contributed by atoms with Crippen LogP contribution in [-0.4, -0.2) is 33.1 Å². The monoisotopic (exact) mass is 269 g/mol. The van der Waals surface area contributed by atoms with Gasteiger partial charge in [0.15, 0.2) is 0 Å². The maximum Gasteiger partial charge on any atom is 0.0625 e. The summed E-state index contributed by atoms with van der Waals surface area (Å²) in [5.41, 5.74) is 2.54. The summed E-state index contributed by atoms with van der Waals surface area (Å²) in [6.07, 6.45) is 6.04. The van der Waals surface area contributed by atoms with Gasteiger partial charge < -0.3 is 0 Å². The number of aromatic nitrogens is 2. The SMILES string of the molecule is CCc1cc(CN2CCCC2CCCCl)n(C)n1. The first-order chi connectivity index (χ1) is 8.74. The molecule has 1 unspecified atom stereocenters. The maximum absolute atomic E-state index is 5.80. The van der Waals surface area contributed by atoms with Crippen LogP contribution in [0.15, 0.2) is 6.07 Å². The molecule has 0 N–H and O–H groups in total. The molecular weight excluding hydrogens is 246 g/mol.